The van der Waals surface area contributed by atoms with Crippen molar-refractivity contribution in [1.29, 1.82) is 0 Å². The van der Waals surface area contributed by atoms with E-state index in [2.05, 4.69) is 5.32 Å². The van der Waals surface area contributed by atoms with Crippen LogP contribution < -0.4 is 15.0 Å². The molecule has 0 saturated carbocycles. The molecule has 1 fully saturated rings. The Morgan fingerprint density at radius 1 is 1.36 bits per heavy atom. The molecule has 0 unspecified atom stereocenters. The highest BCUT2D eigenvalue weighted by Crippen LogP contribution is 2.35. The molecule has 0 atom stereocenters. The summed E-state index contributed by atoms with van der Waals surface area (Å²) in [6.07, 6.45) is 3.00. The van der Waals surface area contributed by atoms with Crippen molar-refractivity contribution in [3.05, 3.63) is 28.3 Å². The maximum Gasteiger partial charge on any atom is 0.271 e. The van der Waals surface area contributed by atoms with Crippen molar-refractivity contribution in [2.75, 3.05) is 44.7 Å². The van der Waals surface area contributed by atoms with Gasteiger partial charge in [-0.25, -0.2) is 0 Å². The second-order valence-electron chi connectivity index (χ2n) is 6.89. The zero-order valence-corrected chi connectivity index (χ0v) is 16.6. The molecular formula is C18H25ClN4O5. The number of carbonyl (C=O) groups excluding carboxylic acids is 2. The summed E-state index contributed by atoms with van der Waals surface area (Å²) in [6, 6.07) is 4.07. The van der Waals surface area contributed by atoms with Gasteiger partial charge in [0.1, 0.15) is 12.3 Å². The number of benzene rings is 1. The Morgan fingerprint density at radius 2 is 2.07 bits per heavy atom. The average Bonchev–Trinajstić information content (AvgIpc) is 2.68. The number of piperidine rings is 1. The topological polar surface area (TPSA) is 105 Å². The summed E-state index contributed by atoms with van der Waals surface area (Å²) < 4.78 is 5.33. The predicted molar refractivity (Wildman–Crippen MR) is 106 cm³/mol. The van der Waals surface area contributed by atoms with E-state index in [0.717, 1.165) is 25.8 Å². The van der Waals surface area contributed by atoms with E-state index in [1.165, 1.54) is 23.1 Å². The van der Waals surface area contributed by atoms with Crippen molar-refractivity contribution in [2.24, 2.45) is 5.92 Å². The fourth-order valence-corrected chi connectivity index (χ4v) is 3.53. The van der Waals surface area contributed by atoms with Crippen LogP contribution in [-0.2, 0) is 9.59 Å². The summed E-state index contributed by atoms with van der Waals surface area (Å²) >= 11 is 0. The number of rotatable bonds is 6. The smallest absolute Gasteiger partial charge is 0.271 e. The number of ether oxygens (including phenoxy) is 1. The lowest BCUT2D eigenvalue weighted by atomic mass is 9.93. The number of carbonyl (C=O) groups is 2. The van der Waals surface area contributed by atoms with E-state index in [0.29, 0.717) is 24.8 Å². The Kier molecular flexibility index (Phi) is 7.59. The molecule has 1 N–H and O–H groups in total. The molecule has 0 spiro atoms. The Hall–Kier alpha value is -2.39. The molecule has 1 saturated heterocycles. The molecule has 9 nitrogen and oxygen atoms in total. The number of non-ortho nitro benzene ring substituents is 1. The number of hydrogen-bond donors (Lipinski definition) is 1. The van der Waals surface area contributed by atoms with Gasteiger partial charge in [-0.05, 0) is 44.8 Å². The molecule has 10 heteroatoms. The van der Waals surface area contributed by atoms with Crippen LogP contribution in [0.2, 0.25) is 0 Å². The molecule has 0 aromatic heterocycles. The van der Waals surface area contributed by atoms with Crippen LogP contribution in [-0.4, -0.2) is 61.5 Å². The van der Waals surface area contributed by atoms with Gasteiger partial charge in [-0.3, -0.25) is 24.6 Å². The molecule has 1 aromatic carbocycles. The zero-order chi connectivity index (χ0) is 19.4. The Bertz CT molecular complexity index is 737. The molecule has 3 rings (SSSR count). The van der Waals surface area contributed by atoms with Gasteiger partial charge in [-0.2, -0.15) is 0 Å². The van der Waals surface area contributed by atoms with E-state index in [9.17, 15) is 19.7 Å². The molecule has 28 heavy (non-hydrogen) atoms. The highest BCUT2D eigenvalue weighted by atomic mass is 35.5. The Labute approximate surface area is 169 Å². The number of anilines is 1. The summed E-state index contributed by atoms with van der Waals surface area (Å²) in [5.41, 5.74) is 0.132. The third kappa shape index (κ3) is 4.90. The Balaban J connectivity index is 0.00000280. The molecule has 2 aliphatic heterocycles. The van der Waals surface area contributed by atoms with E-state index >= 15 is 0 Å². The third-order valence-corrected chi connectivity index (χ3v) is 5.16. The lowest BCUT2D eigenvalue weighted by Crippen LogP contribution is -2.48. The van der Waals surface area contributed by atoms with Crippen molar-refractivity contribution < 1.29 is 19.2 Å². The molecule has 0 bridgehead atoms. The van der Waals surface area contributed by atoms with Crippen LogP contribution in [0.1, 0.15) is 19.3 Å². The number of nitro benzene ring substituents is 1. The second kappa shape index (κ2) is 9.70. The minimum atomic E-state index is -0.532. The first-order valence-electron chi connectivity index (χ1n) is 9.13. The first-order valence-corrected chi connectivity index (χ1v) is 9.13. The van der Waals surface area contributed by atoms with Crippen LogP contribution in [0, 0.1) is 16.0 Å². The minimum Gasteiger partial charge on any atom is -0.482 e. The first kappa shape index (κ1) is 21.9. The molecule has 2 amide bonds. The van der Waals surface area contributed by atoms with Crippen LogP contribution in [0.25, 0.3) is 0 Å². The van der Waals surface area contributed by atoms with Crippen LogP contribution >= 0.6 is 12.4 Å². The van der Waals surface area contributed by atoms with E-state index in [1.54, 1.807) is 4.90 Å². The van der Waals surface area contributed by atoms with Crippen LogP contribution in [0.4, 0.5) is 11.4 Å². The summed E-state index contributed by atoms with van der Waals surface area (Å²) in [7, 11) is 1.93. The fraction of sp³-hybridized carbons (Fsp3) is 0.556. The maximum atomic E-state index is 12.7. The quantitative estimate of drug-likeness (QED) is 0.562. The molecular weight excluding hydrogens is 388 g/mol. The summed E-state index contributed by atoms with van der Waals surface area (Å²) in [4.78, 5) is 38.6. The molecule has 0 aliphatic carbocycles. The fourth-order valence-electron chi connectivity index (χ4n) is 3.53. The average molecular weight is 413 g/mol. The van der Waals surface area contributed by atoms with E-state index in [4.69, 9.17) is 4.74 Å². The normalized spacial score (nSPS) is 16.8. The van der Waals surface area contributed by atoms with Gasteiger partial charge >= 0.3 is 0 Å². The van der Waals surface area contributed by atoms with Crippen LogP contribution in [0.5, 0.6) is 5.75 Å². The first-order chi connectivity index (χ1) is 13.0. The summed E-state index contributed by atoms with van der Waals surface area (Å²) in [5.74, 6) is 0.462. The SMILES string of the molecule is CNCCC1CCN(C(=O)CN2C(=O)COc3ccc([N+](=O)[O-])cc32)CC1.Cl. The van der Waals surface area contributed by atoms with Crippen molar-refractivity contribution >= 4 is 35.6 Å². The number of hydrogen-bond acceptors (Lipinski definition) is 6. The van der Waals surface area contributed by atoms with Crippen molar-refractivity contribution in [3.8, 4) is 5.75 Å². The van der Waals surface area contributed by atoms with E-state index < -0.39 is 4.92 Å². The van der Waals surface area contributed by atoms with Gasteiger partial charge in [0.05, 0.1) is 10.6 Å². The number of nitrogens with one attached hydrogen (secondary N) is 1. The van der Waals surface area contributed by atoms with Gasteiger partial charge < -0.3 is 15.0 Å². The second-order valence-corrected chi connectivity index (χ2v) is 6.89. The number of likely N-dealkylation sites (tertiary alicyclic amines) is 1. The molecule has 2 aliphatic rings. The lowest BCUT2D eigenvalue weighted by molar-refractivity contribution is -0.384. The van der Waals surface area contributed by atoms with E-state index in [1.807, 2.05) is 7.05 Å². The molecule has 154 valence electrons. The maximum absolute atomic E-state index is 12.7. The molecule has 2 heterocycles. The Morgan fingerprint density at radius 3 is 2.71 bits per heavy atom. The standard InChI is InChI=1S/C18H24N4O5.ClH/c1-19-7-4-13-5-8-20(9-6-13)17(23)11-21-15-10-14(22(25)26)2-3-16(15)27-12-18(21)24;/h2-3,10,13,19H,4-9,11-12H2,1H3;1H. The number of amides is 2. The highest BCUT2D eigenvalue weighted by Gasteiger charge is 2.31. The van der Waals surface area contributed by atoms with Gasteiger partial charge in [0.15, 0.2) is 6.61 Å². The number of fused-ring (bicyclic) bond motifs is 1. The largest absolute Gasteiger partial charge is 0.482 e. The van der Waals surface area contributed by atoms with Crippen molar-refractivity contribution in [1.82, 2.24) is 10.2 Å². The van der Waals surface area contributed by atoms with Crippen molar-refractivity contribution in [2.45, 2.75) is 19.3 Å². The predicted octanol–water partition coefficient (Wildman–Crippen LogP) is 1.59. The van der Waals surface area contributed by atoms with E-state index in [-0.39, 0.29) is 48.7 Å². The summed E-state index contributed by atoms with van der Waals surface area (Å²) in [6.45, 7) is 2.01. The molecule has 1 aromatic rings. The number of nitro groups is 1. The van der Waals surface area contributed by atoms with Crippen molar-refractivity contribution in [3.63, 3.8) is 0 Å². The highest BCUT2D eigenvalue weighted by molar-refractivity contribution is 6.02. The van der Waals surface area contributed by atoms with Gasteiger partial charge in [-0.15, -0.1) is 12.4 Å². The van der Waals surface area contributed by atoms with Gasteiger partial charge in [0.25, 0.3) is 11.6 Å². The van der Waals surface area contributed by atoms with Gasteiger partial charge in [0, 0.05) is 25.2 Å². The van der Waals surface area contributed by atoms with Crippen LogP contribution in [0.3, 0.4) is 0 Å². The lowest BCUT2D eigenvalue weighted by Gasteiger charge is -2.35. The zero-order valence-electron chi connectivity index (χ0n) is 15.8. The van der Waals surface area contributed by atoms with Crippen LogP contribution in [0.15, 0.2) is 18.2 Å². The molecule has 0 radical (unpaired) electrons. The monoisotopic (exact) mass is 412 g/mol. The minimum absolute atomic E-state index is 0. The van der Waals surface area contributed by atoms with Gasteiger partial charge in [0.2, 0.25) is 5.91 Å². The third-order valence-electron chi connectivity index (χ3n) is 5.16. The summed E-state index contributed by atoms with van der Waals surface area (Å²) in [5, 5.41) is 14.2. The number of nitrogens with zero attached hydrogens (tertiary/aromatic N) is 3. The number of halogens is 1. The van der Waals surface area contributed by atoms with Gasteiger partial charge in [-0.1, -0.05) is 0 Å².